The van der Waals surface area contributed by atoms with E-state index >= 15 is 0 Å². The summed E-state index contributed by atoms with van der Waals surface area (Å²) in [5, 5.41) is 2.60. The van der Waals surface area contributed by atoms with Crippen LogP contribution in [0.3, 0.4) is 0 Å². The summed E-state index contributed by atoms with van der Waals surface area (Å²) in [7, 11) is 0. The lowest BCUT2D eigenvalue weighted by molar-refractivity contribution is -0.141. The molecule has 0 saturated heterocycles. The number of amides is 1. The summed E-state index contributed by atoms with van der Waals surface area (Å²) in [4.78, 5) is 18.8. The molecule has 3 rings (SSSR count). The van der Waals surface area contributed by atoms with Gasteiger partial charge in [-0.2, -0.15) is 18.2 Å². The molecule has 0 atom stereocenters. The molecule has 0 aliphatic heterocycles. The molecule has 1 amide bonds. The van der Waals surface area contributed by atoms with Gasteiger partial charge in [0.2, 0.25) is 0 Å². The number of halogens is 3. The number of nitrogens with one attached hydrogen (secondary N) is 1. The van der Waals surface area contributed by atoms with Gasteiger partial charge in [0.25, 0.3) is 5.91 Å². The second-order valence-electron chi connectivity index (χ2n) is 4.78. The van der Waals surface area contributed by atoms with Gasteiger partial charge < -0.3 is 14.5 Å². The van der Waals surface area contributed by atoms with E-state index in [1.165, 1.54) is 36.6 Å². The summed E-state index contributed by atoms with van der Waals surface area (Å²) in [5.41, 5.74) is -0.640. The van der Waals surface area contributed by atoms with Crippen LogP contribution in [0.4, 0.5) is 18.9 Å². The lowest BCUT2D eigenvalue weighted by Crippen LogP contribution is -2.10. The van der Waals surface area contributed by atoms with Crippen LogP contribution in [0.15, 0.2) is 59.3 Å². The Morgan fingerprint density at radius 3 is 2.52 bits per heavy atom. The summed E-state index contributed by atoms with van der Waals surface area (Å²) in [6.07, 6.45) is -2.24. The summed E-state index contributed by atoms with van der Waals surface area (Å²) >= 11 is 0. The highest BCUT2D eigenvalue weighted by molar-refractivity contribution is 6.02. The average molecular weight is 349 g/mol. The van der Waals surface area contributed by atoms with Crippen molar-refractivity contribution in [1.29, 1.82) is 0 Å². The van der Waals surface area contributed by atoms with Crippen molar-refractivity contribution in [3.63, 3.8) is 0 Å². The molecule has 0 spiro atoms. The van der Waals surface area contributed by atoms with Gasteiger partial charge in [0.1, 0.15) is 5.75 Å². The topological polar surface area (TPSA) is 77.2 Å². The quantitative estimate of drug-likeness (QED) is 0.766. The molecule has 2 aromatic heterocycles. The molecule has 0 radical (unpaired) electrons. The van der Waals surface area contributed by atoms with E-state index in [4.69, 9.17) is 9.15 Å². The minimum Gasteiger partial charge on any atom is -0.459 e. The SMILES string of the molecule is O=C(Nc1ccc(Oc2nccc(C(F)(F)F)n2)cc1)c1ccco1. The first kappa shape index (κ1) is 16.5. The standard InChI is InChI=1S/C16H10F3N3O3/c17-16(18,19)13-7-8-20-15(22-13)25-11-5-3-10(4-6-11)21-14(23)12-2-1-9-24-12/h1-9H,(H,21,23). The van der Waals surface area contributed by atoms with Crippen LogP contribution < -0.4 is 10.1 Å². The molecule has 0 bridgehead atoms. The number of alkyl halides is 3. The Bertz CT molecular complexity index is 862. The number of furan rings is 1. The third-order valence-electron chi connectivity index (χ3n) is 2.99. The number of ether oxygens (including phenoxy) is 1. The van der Waals surface area contributed by atoms with E-state index in [2.05, 4.69) is 15.3 Å². The first-order valence-corrected chi connectivity index (χ1v) is 6.95. The summed E-state index contributed by atoms with van der Waals surface area (Å²) in [6, 6.07) is 9.37. The minimum atomic E-state index is -4.58. The monoisotopic (exact) mass is 349 g/mol. The Labute approximate surface area is 139 Å². The Morgan fingerprint density at radius 2 is 1.88 bits per heavy atom. The molecule has 0 saturated carbocycles. The Hall–Kier alpha value is -3.36. The van der Waals surface area contributed by atoms with Crippen LogP contribution in [0.5, 0.6) is 11.8 Å². The molecular formula is C16H10F3N3O3. The van der Waals surface area contributed by atoms with Gasteiger partial charge in [-0.1, -0.05) is 0 Å². The highest BCUT2D eigenvalue weighted by Gasteiger charge is 2.33. The first-order chi connectivity index (χ1) is 11.9. The Morgan fingerprint density at radius 1 is 1.12 bits per heavy atom. The number of carbonyl (C=O) groups excluding carboxylic acids is 1. The van der Waals surface area contributed by atoms with Gasteiger partial charge in [-0.15, -0.1) is 0 Å². The van der Waals surface area contributed by atoms with Crippen molar-refractivity contribution >= 4 is 11.6 Å². The Balaban J connectivity index is 1.68. The number of nitrogens with zero attached hydrogens (tertiary/aromatic N) is 2. The predicted octanol–water partition coefficient (Wildman–Crippen LogP) is 4.13. The Kier molecular flexibility index (Phi) is 4.38. The molecule has 1 aromatic carbocycles. The number of carbonyl (C=O) groups is 1. The molecular weight excluding hydrogens is 339 g/mol. The number of benzene rings is 1. The lowest BCUT2D eigenvalue weighted by atomic mass is 10.3. The molecule has 9 heteroatoms. The highest BCUT2D eigenvalue weighted by Crippen LogP contribution is 2.29. The summed E-state index contributed by atoms with van der Waals surface area (Å²) in [5.74, 6) is -0.0621. The second-order valence-corrected chi connectivity index (χ2v) is 4.78. The summed E-state index contributed by atoms with van der Waals surface area (Å²) < 4.78 is 48.0. The number of aromatic nitrogens is 2. The van der Waals surface area contributed by atoms with Gasteiger partial charge in [0.15, 0.2) is 11.5 Å². The van der Waals surface area contributed by atoms with Crippen LogP contribution in [-0.2, 0) is 6.18 Å². The average Bonchev–Trinajstić information content (AvgIpc) is 3.11. The fourth-order valence-electron chi connectivity index (χ4n) is 1.86. The number of hydrogen-bond acceptors (Lipinski definition) is 5. The van der Waals surface area contributed by atoms with Crippen molar-refractivity contribution in [2.24, 2.45) is 0 Å². The first-order valence-electron chi connectivity index (χ1n) is 6.95. The van der Waals surface area contributed by atoms with E-state index < -0.39 is 23.8 Å². The van der Waals surface area contributed by atoms with Crippen molar-refractivity contribution in [3.8, 4) is 11.8 Å². The van der Waals surface area contributed by atoms with Crippen molar-refractivity contribution in [1.82, 2.24) is 9.97 Å². The second kappa shape index (κ2) is 6.63. The summed E-state index contributed by atoms with van der Waals surface area (Å²) in [6.45, 7) is 0. The molecule has 128 valence electrons. The fourth-order valence-corrected chi connectivity index (χ4v) is 1.86. The van der Waals surface area contributed by atoms with Gasteiger partial charge in [0.05, 0.1) is 6.26 Å². The zero-order valence-electron chi connectivity index (χ0n) is 12.4. The predicted molar refractivity (Wildman–Crippen MR) is 80.2 cm³/mol. The molecule has 0 aliphatic carbocycles. The number of anilines is 1. The van der Waals surface area contributed by atoms with E-state index in [-0.39, 0.29) is 11.5 Å². The molecule has 2 heterocycles. The maximum Gasteiger partial charge on any atom is 0.433 e. The van der Waals surface area contributed by atoms with Gasteiger partial charge in [0, 0.05) is 11.9 Å². The van der Waals surface area contributed by atoms with E-state index in [9.17, 15) is 18.0 Å². The van der Waals surface area contributed by atoms with Gasteiger partial charge in [-0.3, -0.25) is 4.79 Å². The zero-order chi connectivity index (χ0) is 17.9. The smallest absolute Gasteiger partial charge is 0.433 e. The zero-order valence-corrected chi connectivity index (χ0v) is 12.4. The van der Waals surface area contributed by atoms with Gasteiger partial charge in [-0.25, -0.2) is 4.98 Å². The van der Waals surface area contributed by atoms with Gasteiger partial charge >= 0.3 is 12.2 Å². The largest absolute Gasteiger partial charge is 0.459 e. The molecule has 1 N–H and O–H groups in total. The van der Waals surface area contributed by atoms with Crippen LogP contribution >= 0.6 is 0 Å². The van der Waals surface area contributed by atoms with E-state index in [0.29, 0.717) is 5.69 Å². The normalized spacial score (nSPS) is 11.2. The third kappa shape index (κ3) is 4.14. The van der Waals surface area contributed by atoms with Crippen LogP contribution in [0.2, 0.25) is 0 Å². The molecule has 6 nitrogen and oxygen atoms in total. The van der Waals surface area contributed by atoms with Crippen LogP contribution in [0.1, 0.15) is 16.2 Å². The fraction of sp³-hybridized carbons (Fsp3) is 0.0625. The van der Waals surface area contributed by atoms with Crippen molar-refractivity contribution in [2.75, 3.05) is 5.32 Å². The van der Waals surface area contributed by atoms with Crippen molar-refractivity contribution in [2.45, 2.75) is 6.18 Å². The number of rotatable bonds is 4. The van der Waals surface area contributed by atoms with E-state index in [0.717, 1.165) is 12.3 Å². The highest BCUT2D eigenvalue weighted by atomic mass is 19.4. The molecule has 3 aromatic rings. The van der Waals surface area contributed by atoms with Gasteiger partial charge in [-0.05, 0) is 42.5 Å². The maximum atomic E-state index is 12.6. The minimum absolute atomic E-state index is 0.151. The van der Waals surface area contributed by atoms with Crippen molar-refractivity contribution in [3.05, 3.63) is 66.4 Å². The lowest BCUT2D eigenvalue weighted by Gasteiger charge is -2.08. The molecule has 25 heavy (non-hydrogen) atoms. The third-order valence-corrected chi connectivity index (χ3v) is 2.99. The number of hydrogen-bond donors (Lipinski definition) is 1. The molecule has 0 fully saturated rings. The van der Waals surface area contributed by atoms with E-state index in [1.807, 2.05) is 0 Å². The van der Waals surface area contributed by atoms with E-state index in [1.54, 1.807) is 6.07 Å². The van der Waals surface area contributed by atoms with Crippen LogP contribution in [0.25, 0.3) is 0 Å². The molecule has 0 aliphatic rings. The van der Waals surface area contributed by atoms with Crippen LogP contribution in [0, 0.1) is 0 Å². The van der Waals surface area contributed by atoms with Crippen molar-refractivity contribution < 1.29 is 27.1 Å². The van der Waals surface area contributed by atoms with Crippen LogP contribution in [-0.4, -0.2) is 15.9 Å². The molecule has 0 unspecified atom stereocenters. The maximum absolute atomic E-state index is 12.6.